The molecule has 106 valence electrons. The molecule has 0 atom stereocenters. The zero-order valence-electron chi connectivity index (χ0n) is 10.9. The number of alkyl halides is 3. The SMILES string of the molecule is N#Cc1ccc(-c2ccc(C3(C(F)(F)F)CC3)nc2)nc1. The molecule has 0 amide bonds. The van der Waals surface area contributed by atoms with Crippen LogP contribution in [0.15, 0.2) is 36.7 Å². The third kappa shape index (κ3) is 2.25. The van der Waals surface area contributed by atoms with Gasteiger partial charge in [-0.1, -0.05) is 0 Å². The molecule has 2 heterocycles. The minimum absolute atomic E-state index is 0.0624. The molecule has 2 aromatic heterocycles. The molecule has 0 unspecified atom stereocenters. The lowest BCUT2D eigenvalue weighted by molar-refractivity contribution is -0.161. The molecular formula is C15H10F3N3. The van der Waals surface area contributed by atoms with Gasteiger partial charge >= 0.3 is 6.18 Å². The molecule has 0 saturated heterocycles. The minimum atomic E-state index is -4.26. The van der Waals surface area contributed by atoms with E-state index in [4.69, 9.17) is 5.26 Å². The van der Waals surface area contributed by atoms with Gasteiger partial charge in [0.15, 0.2) is 0 Å². The van der Waals surface area contributed by atoms with Gasteiger partial charge in [0.1, 0.15) is 11.5 Å². The van der Waals surface area contributed by atoms with Crippen molar-refractivity contribution in [1.29, 1.82) is 5.26 Å². The first-order valence-electron chi connectivity index (χ1n) is 6.36. The number of hydrogen-bond acceptors (Lipinski definition) is 3. The van der Waals surface area contributed by atoms with E-state index in [-0.39, 0.29) is 18.5 Å². The van der Waals surface area contributed by atoms with Crippen molar-refractivity contribution in [2.45, 2.75) is 24.4 Å². The summed E-state index contributed by atoms with van der Waals surface area (Å²) in [5.41, 5.74) is -0.0697. The largest absolute Gasteiger partial charge is 0.399 e. The van der Waals surface area contributed by atoms with Gasteiger partial charge in [0, 0.05) is 18.0 Å². The number of hydrogen-bond donors (Lipinski definition) is 0. The standard InChI is InChI=1S/C15H10F3N3/c16-15(17,18)14(5-6-14)13-4-2-11(9-21-13)12-3-1-10(7-19)8-20-12/h1-4,8-9H,5-6H2. The van der Waals surface area contributed by atoms with Crippen molar-refractivity contribution in [3.05, 3.63) is 47.9 Å². The highest BCUT2D eigenvalue weighted by atomic mass is 19.4. The van der Waals surface area contributed by atoms with Crippen molar-refractivity contribution in [3.8, 4) is 17.3 Å². The van der Waals surface area contributed by atoms with Crippen LogP contribution in [0.2, 0.25) is 0 Å². The zero-order chi connectivity index (χ0) is 15.1. The maximum absolute atomic E-state index is 13.0. The van der Waals surface area contributed by atoms with E-state index in [1.165, 1.54) is 18.5 Å². The summed E-state index contributed by atoms with van der Waals surface area (Å²) in [5.74, 6) is 0. The van der Waals surface area contributed by atoms with E-state index < -0.39 is 11.6 Å². The molecule has 3 nitrogen and oxygen atoms in total. The summed E-state index contributed by atoms with van der Waals surface area (Å²) in [6, 6.07) is 8.20. The van der Waals surface area contributed by atoms with E-state index in [2.05, 4.69) is 9.97 Å². The number of pyridine rings is 2. The minimum Gasteiger partial charge on any atom is -0.260 e. The topological polar surface area (TPSA) is 49.6 Å². The molecule has 1 fully saturated rings. The molecule has 0 radical (unpaired) electrons. The molecule has 21 heavy (non-hydrogen) atoms. The number of aromatic nitrogens is 2. The first kappa shape index (κ1) is 13.6. The third-order valence-electron chi connectivity index (χ3n) is 3.73. The molecule has 0 bridgehead atoms. The summed E-state index contributed by atoms with van der Waals surface area (Å²) in [6.45, 7) is 0. The Labute approximate surface area is 119 Å². The van der Waals surface area contributed by atoms with Crippen LogP contribution in [-0.4, -0.2) is 16.1 Å². The maximum Gasteiger partial charge on any atom is 0.399 e. The molecule has 0 spiro atoms. The molecule has 6 heteroatoms. The van der Waals surface area contributed by atoms with Crippen LogP contribution in [-0.2, 0) is 5.41 Å². The molecule has 2 aromatic rings. The summed E-state index contributed by atoms with van der Waals surface area (Å²) >= 11 is 0. The predicted octanol–water partition coefficient (Wildman–Crippen LogP) is 3.61. The summed E-state index contributed by atoms with van der Waals surface area (Å²) in [6.07, 6.45) is -1.25. The lowest BCUT2D eigenvalue weighted by atomic mass is 10.0. The molecule has 0 N–H and O–H groups in total. The lowest BCUT2D eigenvalue weighted by Gasteiger charge is -2.18. The van der Waals surface area contributed by atoms with Gasteiger partial charge < -0.3 is 0 Å². The second-order valence-corrected chi connectivity index (χ2v) is 5.06. The Bertz CT molecular complexity index is 693. The Morgan fingerprint density at radius 3 is 2.24 bits per heavy atom. The van der Waals surface area contributed by atoms with Gasteiger partial charge in [0.2, 0.25) is 0 Å². The van der Waals surface area contributed by atoms with Crippen LogP contribution in [0, 0.1) is 11.3 Å². The fourth-order valence-electron chi connectivity index (χ4n) is 2.27. The molecule has 0 aliphatic heterocycles. The summed E-state index contributed by atoms with van der Waals surface area (Å²) in [4.78, 5) is 8.06. The van der Waals surface area contributed by atoms with Crippen LogP contribution >= 0.6 is 0 Å². The number of nitrogens with zero attached hydrogens (tertiary/aromatic N) is 3. The predicted molar refractivity (Wildman–Crippen MR) is 69.2 cm³/mol. The van der Waals surface area contributed by atoms with Crippen molar-refractivity contribution >= 4 is 0 Å². The quantitative estimate of drug-likeness (QED) is 0.848. The van der Waals surface area contributed by atoms with Crippen molar-refractivity contribution in [3.63, 3.8) is 0 Å². The Hall–Kier alpha value is -2.42. The van der Waals surface area contributed by atoms with Gasteiger partial charge in [-0.25, -0.2) is 0 Å². The van der Waals surface area contributed by atoms with Crippen molar-refractivity contribution in [1.82, 2.24) is 9.97 Å². The number of halogens is 3. The summed E-state index contributed by atoms with van der Waals surface area (Å²) in [7, 11) is 0. The van der Waals surface area contributed by atoms with Crippen LogP contribution in [0.3, 0.4) is 0 Å². The average Bonchev–Trinajstić information content (AvgIpc) is 3.29. The van der Waals surface area contributed by atoms with E-state index in [0.717, 1.165) is 0 Å². The van der Waals surface area contributed by atoms with Crippen LogP contribution in [0.5, 0.6) is 0 Å². The first-order valence-corrected chi connectivity index (χ1v) is 6.36. The van der Waals surface area contributed by atoms with Crippen molar-refractivity contribution in [2.75, 3.05) is 0 Å². The van der Waals surface area contributed by atoms with Crippen LogP contribution in [0.1, 0.15) is 24.1 Å². The van der Waals surface area contributed by atoms with E-state index in [0.29, 0.717) is 16.8 Å². The molecule has 1 saturated carbocycles. The van der Waals surface area contributed by atoms with Crippen LogP contribution in [0.4, 0.5) is 13.2 Å². The van der Waals surface area contributed by atoms with E-state index in [9.17, 15) is 13.2 Å². The summed E-state index contributed by atoms with van der Waals surface area (Å²) in [5, 5.41) is 8.70. The Morgan fingerprint density at radius 1 is 1.05 bits per heavy atom. The number of nitriles is 1. The van der Waals surface area contributed by atoms with Crippen LogP contribution < -0.4 is 0 Å². The van der Waals surface area contributed by atoms with Crippen molar-refractivity contribution in [2.24, 2.45) is 0 Å². The van der Waals surface area contributed by atoms with Gasteiger partial charge in [0.05, 0.1) is 17.0 Å². The van der Waals surface area contributed by atoms with Gasteiger partial charge in [-0.15, -0.1) is 0 Å². The first-order chi connectivity index (χ1) is 9.96. The highest BCUT2D eigenvalue weighted by Crippen LogP contribution is 2.58. The highest BCUT2D eigenvalue weighted by Gasteiger charge is 2.65. The fraction of sp³-hybridized carbons (Fsp3) is 0.267. The van der Waals surface area contributed by atoms with Gasteiger partial charge in [-0.2, -0.15) is 18.4 Å². The Balaban J connectivity index is 1.89. The highest BCUT2D eigenvalue weighted by molar-refractivity contribution is 5.58. The normalized spacial score (nSPS) is 16.3. The van der Waals surface area contributed by atoms with Gasteiger partial charge in [-0.05, 0) is 37.1 Å². The lowest BCUT2D eigenvalue weighted by Crippen LogP contribution is -2.29. The molecule has 1 aliphatic rings. The van der Waals surface area contributed by atoms with Gasteiger partial charge in [0.25, 0.3) is 0 Å². The number of rotatable bonds is 2. The Morgan fingerprint density at radius 2 is 1.81 bits per heavy atom. The molecule has 1 aliphatic carbocycles. The van der Waals surface area contributed by atoms with Gasteiger partial charge in [-0.3, -0.25) is 9.97 Å². The molecule has 0 aromatic carbocycles. The van der Waals surface area contributed by atoms with E-state index >= 15 is 0 Å². The fourth-order valence-corrected chi connectivity index (χ4v) is 2.27. The van der Waals surface area contributed by atoms with Crippen molar-refractivity contribution < 1.29 is 13.2 Å². The average molecular weight is 289 g/mol. The van der Waals surface area contributed by atoms with E-state index in [1.54, 1.807) is 18.2 Å². The Kier molecular flexibility index (Phi) is 2.94. The second-order valence-electron chi connectivity index (χ2n) is 5.06. The maximum atomic E-state index is 13.0. The second kappa shape index (κ2) is 4.55. The smallest absolute Gasteiger partial charge is 0.260 e. The van der Waals surface area contributed by atoms with E-state index in [1.807, 2.05) is 6.07 Å². The summed E-state index contributed by atoms with van der Waals surface area (Å²) < 4.78 is 39.0. The third-order valence-corrected chi connectivity index (χ3v) is 3.73. The molecule has 3 rings (SSSR count). The monoisotopic (exact) mass is 289 g/mol. The molecular weight excluding hydrogens is 279 g/mol. The zero-order valence-corrected chi connectivity index (χ0v) is 10.9. The van der Waals surface area contributed by atoms with Crippen LogP contribution in [0.25, 0.3) is 11.3 Å².